The van der Waals surface area contributed by atoms with Crippen LogP contribution in [0, 0.1) is 0 Å². The number of aryl methyl sites for hydroxylation is 1. The zero-order valence-corrected chi connectivity index (χ0v) is 16.2. The first kappa shape index (κ1) is 17.9. The fraction of sp³-hybridized carbons (Fsp3) is 0.375. The van der Waals surface area contributed by atoms with Gasteiger partial charge in [0.15, 0.2) is 9.84 Å². The zero-order chi connectivity index (χ0) is 18.5. The molecule has 9 heteroatoms. The van der Waals surface area contributed by atoms with Crippen LogP contribution in [0.4, 0.5) is 5.69 Å². The Morgan fingerprint density at radius 3 is 2.64 bits per heavy atom. The van der Waals surface area contributed by atoms with E-state index in [1.165, 1.54) is 10.7 Å². The molecule has 0 atom stereocenters. The average molecular weight is 428 g/mol. The highest BCUT2D eigenvalue weighted by Crippen LogP contribution is 2.44. The average Bonchev–Trinajstić information content (AvgIpc) is 3.30. The Labute approximate surface area is 153 Å². The SMILES string of the molecule is Cn1nc(C2CC2)c(C(=O)c2ccc(Br)c(N)c2CS(C)(=O)=O)c1O. The summed E-state index contributed by atoms with van der Waals surface area (Å²) in [5.74, 6) is -0.902. The summed E-state index contributed by atoms with van der Waals surface area (Å²) in [4.78, 5) is 13.1. The summed E-state index contributed by atoms with van der Waals surface area (Å²) in [6.07, 6.45) is 2.91. The van der Waals surface area contributed by atoms with Gasteiger partial charge in [-0.1, -0.05) is 0 Å². The molecule has 1 aliphatic rings. The lowest BCUT2D eigenvalue weighted by Crippen LogP contribution is -2.13. The molecule has 0 amide bonds. The summed E-state index contributed by atoms with van der Waals surface area (Å²) in [5, 5.41) is 14.5. The van der Waals surface area contributed by atoms with Crippen LogP contribution in [0.1, 0.15) is 45.9 Å². The molecule has 1 aliphatic carbocycles. The van der Waals surface area contributed by atoms with Crippen molar-refractivity contribution in [3.8, 4) is 5.88 Å². The number of hydrogen-bond acceptors (Lipinski definition) is 6. The molecule has 7 nitrogen and oxygen atoms in total. The first-order valence-corrected chi connectivity index (χ1v) is 10.5. The summed E-state index contributed by atoms with van der Waals surface area (Å²) in [7, 11) is -1.85. The van der Waals surface area contributed by atoms with Crippen molar-refractivity contribution < 1.29 is 18.3 Å². The van der Waals surface area contributed by atoms with Gasteiger partial charge in [0.2, 0.25) is 11.7 Å². The van der Waals surface area contributed by atoms with E-state index in [4.69, 9.17) is 5.73 Å². The van der Waals surface area contributed by atoms with Gasteiger partial charge in [0.1, 0.15) is 5.56 Å². The van der Waals surface area contributed by atoms with Crippen molar-refractivity contribution in [1.29, 1.82) is 0 Å². The number of anilines is 1. The maximum atomic E-state index is 13.1. The van der Waals surface area contributed by atoms with Crippen LogP contribution in [-0.2, 0) is 22.6 Å². The van der Waals surface area contributed by atoms with Crippen molar-refractivity contribution in [2.45, 2.75) is 24.5 Å². The number of nitrogens with zero attached hydrogens (tertiary/aromatic N) is 2. The predicted octanol–water partition coefficient (Wildman–Crippen LogP) is 2.12. The number of nitrogen functional groups attached to an aromatic ring is 1. The lowest BCUT2D eigenvalue weighted by atomic mass is 9.97. The monoisotopic (exact) mass is 427 g/mol. The highest BCUT2D eigenvalue weighted by atomic mass is 79.9. The van der Waals surface area contributed by atoms with Gasteiger partial charge in [-0.3, -0.25) is 4.79 Å². The number of nitrogens with two attached hydrogens (primary N) is 1. The van der Waals surface area contributed by atoms with E-state index in [9.17, 15) is 18.3 Å². The highest BCUT2D eigenvalue weighted by molar-refractivity contribution is 9.10. The third-order valence-electron chi connectivity index (χ3n) is 4.19. The molecular weight excluding hydrogens is 410 g/mol. The summed E-state index contributed by atoms with van der Waals surface area (Å²) in [6, 6.07) is 3.12. The Bertz CT molecular complexity index is 978. The van der Waals surface area contributed by atoms with E-state index in [0.29, 0.717) is 10.2 Å². The van der Waals surface area contributed by atoms with Gasteiger partial charge in [0.25, 0.3) is 0 Å². The zero-order valence-electron chi connectivity index (χ0n) is 13.8. The largest absolute Gasteiger partial charge is 0.493 e. The van der Waals surface area contributed by atoms with E-state index >= 15 is 0 Å². The molecule has 134 valence electrons. The predicted molar refractivity (Wildman–Crippen MR) is 97.4 cm³/mol. The van der Waals surface area contributed by atoms with Crippen molar-refractivity contribution in [2.24, 2.45) is 7.05 Å². The normalized spacial score (nSPS) is 14.7. The molecule has 1 aromatic heterocycles. The van der Waals surface area contributed by atoms with Crippen LogP contribution in [0.15, 0.2) is 16.6 Å². The lowest BCUT2D eigenvalue weighted by molar-refractivity contribution is 0.103. The Kier molecular flexibility index (Phi) is 4.40. The molecule has 25 heavy (non-hydrogen) atoms. The summed E-state index contributed by atoms with van der Waals surface area (Å²) >= 11 is 3.26. The second kappa shape index (κ2) is 6.14. The lowest BCUT2D eigenvalue weighted by Gasteiger charge is -2.13. The number of carbonyl (C=O) groups is 1. The number of carbonyl (C=O) groups excluding carboxylic acids is 1. The van der Waals surface area contributed by atoms with E-state index in [2.05, 4.69) is 21.0 Å². The number of hydrogen-bond donors (Lipinski definition) is 2. The van der Waals surface area contributed by atoms with Crippen molar-refractivity contribution in [3.63, 3.8) is 0 Å². The maximum Gasteiger partial charge on any atom is 0.220 e. The van der Waals surface area contributed by atoms with E-state index in [-0.39, 0.29) is 39.9 Å². The summed E-state index contributed by atoms with van der Waals surface area (Å²) in [5.41, 5.74) is 7.29. The first-order chi connectivity index (χ1) is 11.6. The van der Waals surface area contributed by atoms with Crippen LogP contribution in [0.3, 0.4) is 0 Å². The molecule has 3 rings (SSSR count). The minimum Gasteiger partial charge on any atom is -0.493 e. The fourth-order valence-corrected chi connectivity index (χ4v) is 4.00. The van der Waals surface area contributed by atoms with E-state index in [1.54, 1.807) is 13.1 Å². The standard InChI is InChI=1S/C16H18BrN3O4S/c1-20-16(22)12(14(19-20)8-3-4-8)15(21)9-5-6-11(17)13(18)10(9)7-25(2,23)24/h5-6,8,22H,3-4,7,18H2,1-2H3. The van der Waals surface area contributed by atoms with Crippen LogP contribution < -0.4 is 5.73 Å². The van der Waals surface area contributed by atoms with E-state index in [0.717, 1.165) is 19.1 Å². The third-order valence-corrected chi connectivity index (χ3v) is 5.69. The van der Waals surface area contributed by atoms with Gasteiger partial charge >= 0.3 is 0 Å². The number of halogens is 1. The smallest absolute Gasteiger partial charge is 0.220 e. The number of benzene rings is 1. The maximum absolute atomic E-state index is 13.1. The van der Waals surface area contributed by atoms with Crippen LogP contribution in [0.5, 0.6) is 5.88 Å². The minimum atomic E-state index is -3.41. The number of aromatic nitrogens is 2. The highest BCUT2D eigenvalue weighted by Gasteiger charge is 2.35. The van der Waals surface area contributed by atoms with Crippen molar-refractivity contribution in [1.82, 2.24) is 9.78 Å². The molecule has 0 unspecified atom stereocenters. The van der Waals surface area contributed by atoms with E-state index in [1.807, 2.05) is 0 Å². The van der Waals surface area contributed by atoms with E-state index < -0.39 is 15.6 Å². The molecule has 0 saturated heterocycles. The molecule has 3 N–H and O–H groups in total. The third kappa shape index (κ3) is 3.43. The molecule has 0 radical (unpaired) electrons. The molecule has 0 bridgehead atoms. The quantitative estimate of drug-likeness (QED) is 0.557. The van der Waals surface area contributed by atoms with Crippen molar-refractivity contribution in [2.75, 3.05) is 12.0 Å². The van der Waals surface area contributed by atoms with Gasteiger partial charge in [-0.05, 0) is 40.9 Å². The second-order valence-corrected chi connectivity index (χ2v) is 9.36. The molecule has 1 aromatic carbocycles. The molecule has 1 heterocycles. The van der Waals surface area contributed by atoms with Gasteiger partial charge in [-0.2, -0.15) is 5.10 Å². The molecule has 2 aromatic rings. The number of aromatic hydroxyl groups is 1. The Morgan fingerprint density at radius 1 is 1.44 bits per heavy atom. The van der Waals surface area contributed by atoms with Gasteiger partial charge in [-0.25, -0.2) is 13.1 Å². The van der Waals surface area contributed by atoms with Gasteiger partial charge in [-0.15, -0.1) is 0 Å². The van der Waals surface area contributed by atoms with Gasteiger partial charge < -0.3 is 10.8 Å². The van der Waals surface area contributed by atoms with Gasteiger partial charge in [0, 0.05) is 34.8 Å². The van der Waals surface area contributed by atoms with Crippen LogP contribution >= 0.6 is 15.9 Å². The van der Waals surface area contributed by atoms with Gasteiger partial charge in [0.05, 0.1) is 17.1 Å². The second-order valence-electron chi connectivity index (χ2n) is 6.37. The van der Waals surface area contributed by atoms with Crippen molar-refractivity contribution in [3.05, 3.63) is 39.0 Å². The number of ketones is 1. The summed E-state index contributed by atoms with van der Waals surface area (Å²) < 4.78 is 25.3. The minimum absolute atomic E-state index is 0.126. The molecule has 0 spiro atoms. The summed E-state index contributed by atoms with van der Waals surface area (Å²) in [6.45, 7) is 0. The number of rotatable bonds is 5. The van der Waals surface area contributed by atoms with Crippen LogP contribution in [0.2, 0.25) is 0 Å². The molecule has 1 fully saturated rings. The molecule has 0 aliphatic heterocycles. The Balaban J connectivity index is 2.17. The van der Waals surface area contributed by atoms with Crippen molar-refractivity contribution >= 4 is 37.2 Å². The number of sulfone groups is 1. The molecule has 1 saturated carbocycles. The Hall–Kier alpha value is -1.87. The van der Waals surface area contributed by atoms with Crippen LogP contribution in [0.25, 0.3) is 0 Å². The first-order valence-electron chi connectivity index (χ1n) is 7.65. The van der Waals surface area contributed by atoms with Crippen LogP contribution in [-0.4, -0.2) is 35.3 Å². The topological polar surface area (TPSA) is 115 Å². The fourth-order valence-electron chi connectivity index (χ4n) is 2.80. The molecular formula is C16H18BrN3O4S. The Morgan fingerprint density at radius 2 is 2.08 bits per heavy atom.